The van der Waals surface area contributed by atoms with E-state index in [0.29, 0.717) is 11.5 Å². The van der Waals surface area contributed by atoms with Gasteiger partial charge in [0.25, 0.3) is 0 Å². The highest BCUT2D eigenvalue weighted by Crippen LogP contribution is 2.21. The number of halogens is 1. The molecule has 2 amide bonds. The number of carbonyl (C=O) groups excluding carboxylic acids is 2. The zero-order valence-corrected chi connectivity index (χ0v) is 15.4. The van der Waals surface area contributed by atoms with Crippen LogP contribution < -0.4 is 5.32 Å². The summed E-state index contributed by atoms with van der Waals surface area (Å²) in [4.78, 5) is 26.1. The van der Waals surface area contributed by atoms with Gasteiger partial charge in [-0.1, -0.05) is 48.5 Å². The third-order valence-corrected chi connectivity index (χ3v) is 5.08. The molecule has 1 aliphatic heterocycles. The Labute approximate surface area is 159 Å². The van der Waals surface area contributed by atoms with Gasteiger partial charge in [-0.05, 0) is 42.4 Å². The lowest BCUT2D eigenvalue weighted by Crippen LogP contribution is -2.44. The molecule has 1 heterocycles. The SMILES string of the molecule is O=C(Cc1ccccc1F)NCC(=O)N1CCC(Cc2ccccc2)CC1. The highest BCUT2D eigenvalue weighted by Gasteiger charge is 2.23. The molecule has 3 rings (SSSR count). The van der Waals surface area contributed by atoms with Crippen LogP contribution in [0.5, 0.6) is 0 Å². The van der Waals surface area contributed by atoms with Crippen molar-refractivity contribution in [2.45, 2.75) is 25.7 Å². The highest BCUT2D eigenvalue weighted by atomic mass is 19.1. The van der Waals surface area contributed by atoms with E-state index in [1.54, 1.807) is 18.2 Å². The molecular weight excluding hydrogens is 343 g/mol. The van der Waals surface area contributed by atoms with Crippen LogP contribution >= 0.6 is 0 Å². The second-order valence-corrected chi connectivity index (χ2v) is 7.06. The summed E-state index contributed by atoms with van der Waals surface area (Å²) in [7, 11) is 0. The largest absolute Gasteiger partial charge is 0.347 e. The lowest BCUT2D eigenvalue weighted by Gasteiger charge is -2.32. The van der Waals surface area contributed by atoms with Gasteiger partial charge in [-0.25, -0.2) is 4.39 Å². The first-order chi connectivity index (χ1) is 13.1. The lowest BCUT2D eigenvalue weighted by atomic mass is 9.90. The maximum atomic E-state index is 13.6. The number of benzene rings is 2. The summed E-state index contributed by atoms with van der Waals surface area (Å²) in [6, 6.07) is 16.6. The van der Waals surface area contributed by atoms with Crippen molar-refractivity contribution in [1.82, 2.24) is 10.2 Å². The molecule has 142 valence electrons. The molecule has 2 aromatic carbocycles. The molecular formula is C22H25FN2O2. The second kappa shape index (κ2) is 9.31. The standard InChI is InChI=1S/C22H25FN2O2/c23-20-9-5-4-8-19(20)15-21(26)24-16-22(27)25-12-10-18(11-13-25)14-17-6-2-1-3-7-17/h1-9,18H,10-16H2,(H,24,26). The Balaban J connectivity index is 1.39. The molecule has 27 heavy (non-hydrogen) atoms. The summed E-state index contributed by atoms with van der Waals surface area (Å²) in [5, 5.41) is 2.61. The van der Waals surface area contributed by atoms with E-state index in [4.69, 9.17) is 0 Å². The molecule has 0 bridgehead atoms. The molecule has 0 aliphatic carbocycles. The number of hydrogen-bond acceptors (Lipinski definition) is 2. The molecule has 0 unspecified atom stereocenters. The van der Waals surface area contributed by atoms with Crippen LogP contribution in [0.15, 0.2) is 54.6 Å². The Hall–Kier alpha value is -2.69. The van der Waals surface area contributed by atoms with Crippen LogP contribution in [0.3, 0.4) is 0 Å². The first-order valence-corrected chi connectivity index (χ1v) is 9.43. The van der Waals surface area contributed by atoms with E-state index in [1.165, 1.54) is 11.6 Å². The first kappa shape index (κ1) is 19.1. The van der Waals surface area contributed by atoms with Crippen molar-refractivity contribution in [2.24, 2.45) is 5.92 Å². The van der Waals surface area contributed by atoms with Gasteiger partial charge in [0.2, 0.25) is 11.8 Å². The maximum Gasteiger partial charge on any atom is 0.241 e. The summed E-state index contributed by atoms with van der Waals surface area (Å²) < 4.78 is 13.6. The minimum absolute atomic E-state index is 0.0311. The molecule has 0 aromatic heterocycles. The number of amides is 2. The van der Waals surface area contributed by atoms with Crippen molar-refractivity contribution < 1.29 is 14.0 Å². The Kier molecular flexibility index (Phi) is 6.58. The van der Waals surface area contributed by atoms with Gasteiger partial charge in [-0.3, -0.25) is 9.59 Å². The smallest absolute Gasteiger partial charge is 0.241 e. The summed E-state index contributed by atoms with van der Waals surface area (Å²) in [6.45, 7) is 1.41. The number of hydrogen-bond donors (Lipinski definition) is 1. The van der Waals surface area contributed by atoms with Crippen LogP contribution in [0, 0.1) is 11.7 Å². The Morgan fingerprint density at radius 1 is 1.00 bits per heavy atom. The Morgan fingerprint density at radius 3 is 2.37 bits per heavy atom. The Morgan fingerprint density at radius 2 is 1.67 bits per heavy atom. The molecule has 0 radical (unpaired) electrons. The molecule has 5 heteroatoms. The van der Waals surface area contributed by atoms with Crippen LogP contribution in [-0.2, 0) is 22.4 Å². The van der Waals surface area contributed by atoms with Crippen molar-refractivity contribution >= 4 is 11.8 Å². The van der Waals surface area contributed by atoms with Gasteiger partial charge in [-0.2, -0.15) is 0 Å². The molecule has 1 N–H and O–H groups in total. The number of carbonyl (C=O) groups is 2. The Bertz CT molecular complexity index is 771. The van der Waals surface area contributed by atoms with Crippen LogP contribution in [0.2, 0.25) is 0 Å². The molecule has 4 nitrogen and oxygen atoms in total. The number of nitrogens with one attached hydrogen (secondary N) is 1. The predicted molar refractivity (Wildman–Crippen MR) is 103 cm³/mol. The normalized spacial score (nSPS) is 14.8. The highest BCUT2D eigenvalue weighted by molar-refractivity contribution is 5.85. The number of piperidine rings is 1. The van der Waals surface area contributed by atoms with Gasteiger partial charge in [0.05, 0.1) is 13.0 Å². The topological polar surface area (TPSA) is 49.4 Å². The first-order valence-electron chi connectivity index (χ1n) is 9.43. The fourth-order valence-electron chi connectivity index (χ4n) is 3.50. The average molecular weight is 368 g/mol. The van der Waals surface area contributed by atoms with E-state index in [0.717, 1.165) is 32.4 Å². The van der Waals surface area contributed by atoms with Crippen molar-refractivity contribution in [3.05, 3.63) is 71.5 Å². The zero-order valence-electron chi connectivity index (χ0n) is 15.4. The zero-order chi connectivity index (χ0) is 19.1. The maximum absolute atomic E-state index is 13.6. The molecule has 1 saturated heterocycles. The minimum Gasteiger partial charge on any atom is -0.347 e. The van der Waals surface area contributed by atoms with Gasteiger partial charge < -0.3 is 10.2 Å². The average Bonchev–Trinajstić information content (AvgIpc) is 2.69. The fraction of sp³-hybridized carbons (Fsp3) is 0.364. The summed E-state index contributed by atoms with van der Waals surface area (Å²) in [5.41, 5.74) is 1.67. The second-order valence-electron chi connectivity index (χ2n) is 7.06. The van der Waals surface area contributed by atoms with Crippen molar-refractivity contribution in [1.29, 1.82) is 0 Å². The fourth-order valence-corrected chi connectivity index (χ4v) is 3.50. The van der Waals surface area contributed by atoms with E-state index >= 15 is 0 Å². The molecule has 0 atom stereocenters. The third-order valence-electron chi connectivity index (χ3n) is 5.08. The van der Waals surface area contributed by atoms with Crippen LogP contribution in [0.4, 0.5) is 4.39 Å². The van der Waals surface area contributed by atoms with Crippen molar-refractivity contribution in [3.63, 3.8) is 0 Å². The van der Waals surface area contributed by atoms with Crippen LogP contribution in [-0.4, -0.2) is 36.3 Å². The molecule has 0 spiro atoms. The summed E-state index contributed by atoms with van der Waals surface area (Å²) in [5.74, 6) is -0.228. The molecule has 1 aliphatic rings. The van der Waals surface area contributed by atoms with E-state index in [-0.39, 0.29) is 24.8 Å². The van der Waals surface area contributed by atoms with E-state index in [9.17, 15) is 14.0 Å². The monoisotopic (exact) mass is 368 g/mol. The molecule has 0 saturated carbocycles. The number of likely N-dealkylation sites (tertiary alicyclic amines) is 1. The molecule has 2 aromatic rings. The van der Waals surface area contributed by atoms with Gasteiger partial charge in [0.1, 0.15) is 5.82 Å². The summed E-state index contributed by atoms with van der Waals surface area (Å²) in [6.07, 6.45) is 2.94. The predicted octanol–water partition coefficient (Wildman–Crippen LogP) is 2.97. The van der Waals surface area contributed by atoms with Crippen LogP contribution in [0.1, 0.15) is 24.0 Å². The van der Waals surface area contributed by atoms with E-state index in [2.05, 4.69) is 29.6 Å². The van der Waals surface area contributed by atoms with Crippen LogP contribution in [0.25, 0.3) is 0 Å². The number of nitrogens with zero attached hydrogens (tertiary/aromatic N) is 1. The van der Waals surface area contributed by atoms with Crippen molar-refractivity contribution in [3.8, 4) is 0 Å². The van der Waals surface area contributed by atoms with Gasteiger partial charge >= 0.3 is 0 Å². The van der Waals surface area contributed by atoms with Gasteiger partial charge in [0, 0.05) is 13.1 Å². The van der Waals surface area contributed by atoms with E-state index < -0.39 is 5.82 Å². The lowest BCUT2D eigenvalue weighted by molar-refractivity contribution is -0.133. The number of rotatable bonds is 6. The third kappa shape index (κ3) is 5.64. The van der Waals surface area contributed by atoms with E-state index in [1.807, 2.05) is 11.0 Å². The quantitative estimate of drug-likeness (QED) is 0.852. The summed E-state index contributed by atoms with van der Waals surface area (Å²) >= 11 is 0. The van der Waals surface area contributed by atoms with Gasteiger partial charge in [0.15, 0.2) is 0 Å². The van der Waals surface area contributed by atoms with Gasteiger partial charge in [-0.15, -0.1) is 0 Å². The minimum atomic E-state index is -0.403. The molecule has 1 fully saturated rings. The van der Waals surface area contributed by atoms with Crippen molar-refractivity contribution in [2.75, 3.05) is 19.6 Å².